The first-order valence-corrected chi connectivity index (χ1v) is 8.11. The van der Waals surface area contributed by atoms with Crippen LogP contribution < -0.4 is 10.1 Å². The molecule has 0 saturated carbocycles. The van der Waals surface area contributed by atoms with Crippen LogP contribution in [0.2, 0.25) is 0 Å². The third kappa shape index (κ3) is 6.20. The summed E-state index contributed by atoms with van der Waals surface area (Å²) in [7, 11) is 0. The Morgan fingerprint density at radius 3 is 2.52 bits per heavy atom. The molecule has 1 aromatic rings. The van der Waals surface area contributed by atoms with Crippen LogP contribution in [0.25, 0.3) is 0 Å². The first kappa shape index (κ1) is 18.2. The second kappa shape index (κ2) is 7.96. The molecular formula is C15H23F2NO2S. The normalized spacial score (nSPS) is 14.3. The molecule has 0 radical (unpaired) electrons. The lowest BCUT2D eigenvalue weighted by Crippen LogP contribution is -2.39. The predicted octanol–water partition coefficient (Wildman–Crippen LogP) is 3.11. The second-order valence-corrected chi connectivity index (χ2v) is 6.32. The zero-order valence-corrected chi connectivity index (χ0v) is 13.7. The van der Waals surface area contributed by atoms with Crippen LogP contribution in [0.4, 0.5) is 8.78 Å². The zero-order chi connectivity index (χ0) is 16.0. The maximum Gasteiger partial charge on any atom is 0.387 e. The first-order valence-electron chi connectivity index (χ1n) is 6.72. The molecule has 1 rings (SSSR count). The SMILES string of the molecule is CSCC(C)(O)CNCc1cc(C)c(C)cc1OC(F)F. The summed E-state index contributed by atoms with van der Waals surface area (Å²) in [6, 6.07) is 3.46. The summed E-state index contributed by atoms with van der Waals surface area (Å²) >= 11 is 1.56. The molecule has 1 atom stereocenters. The average Bonchev–Trinajstić information content (AvgIpc) is 2.34. The molecule has 0 aliphatic heterocycles. The van der Waals surface area contributed by atoms with E-state index in [4.69, 9.17) is 0 Å². The Bertz CT molecular complexity index is 467. The van der Waals surface area contributed by atoms with Crippen molar-refractivity contribution in [1.82, 2.24) is 5.32 Å². The van der Waals surface area contributed by atoms with Gasteiger partial charge < -0.3 is 15.2 Å². The number of thioether (sulfide) groups is 1. The van der Waals surface area contributed by atoms with E-state index in [1.807, 2.05) is 26.2 Å². The third-order valence-electron chi connectivity index (χ3n) is 3.17. The summed E-state index contributed by atoms with van der Waals surface area (Å²) in [6.07, 6.45) is 1.92. The average molecular weight is 319 g/mol. The van der Waals surface area contributed by atoms with Crippen molar-refractivity contribution >= 4 is 11.8 Å². The van der Waals surface area contributed by atoms with Crippen LogP contribution in [0, 0.1) is 13.8 Å². The fourth-order valence-electron chi connectivity index (χ4n) is 2.02. The Labute approximate surface area is 129 Å². The number of hydrogen-bond donors (Lipinski definition) is 2. The van der Waals surface area contributed by atoms with Gasteiger partial charge in [0, 0.05) is 24.4 Å². The van der Waals surface area contributed by atoms with Crippen molar-refractivity contribution in [2.45, 2.75) is 39.5 Å². The molecule has 1 aromatic carbocycles. The molecule has 0 aromatic heterocycles. The standard InChI is InChI=1S/C15H23F2NO2S/c1-10-5-12(7-18-8-15(3,19)9-21-4)13(6-11(10)2)20-14(16)17/h5-6,14,18-19H,7-9H2,1-4H3. The van der Waals surface area contributed by atoms with Gasteiger partial charge in [0.1, 0.15) is 5.75 Å². The van der Waals surface area contributed by atoms with Gasteiger partial charge >= 0.3 is 6.61 Å². The molecular weight excluding hydrogens is 296 g/mol. The highest BCUT2D eigenvalue weighted by Gasteiger charge is 2.19. The van der Waals surface area contributed by atoms with Crippen LogP contribution in [-0.2, 0) is 6.54 Å². The van der Waals surface area contributed by atoms with Crippen molar-refractivity contribution < 1.29 is 18.6 Å². The minimum Gasteiger partial charge on any atom is -0.434 e. The molecule has 2 N–H and O–H groups in total. The van der Waals surface area contributed by atoms with Crippen LogP contribution >= 0.6 is 11.8 Å². The number of benzene rings is 1. The van der Waals surface area contributed by atoms with E-state index in [0.717, 1.165) is 11.1 Å². The summed E-state index contributed by atoms with van der Waals surface area (Å²) in [5.41, 5.74) is 1.76. The molecule has 0 saturated heterocycles. The summed E-state index contributed by atoms with van der Waals surface area (Å²) in [6.45, 7) is 3.43. The van der Waals surface area contributed by atoms with Gasteiger partial charge in [-0.15, -0.1) is 0 Å². The predicted molar refractivity (Wildman–Crippen MR) is 83.3 cm³/mol. The number of aliphatic hydroxyl groups is 1. The van der Waals surface area contributed by atoms with Gasteiger partial charge in [-0.2, -0.15) is 20.5 Å². The topological polar surface area (TPSA) is 41.5 Å². The van der Waals surface area contributed by atoms with E-state index >= 15 is 0 Å². The minimum atomic E-state index is -2.84. The van der Waals surface area contributed by atoms with Gasteiger partial charge in [0.15, 0.2) is 0 Å². The smallest absolute Gasteiger partial charge is 0.387 e. The molecule has 0 aliphatic rings. The van der Waals surface area contributed by atoms with Crippen LogP contribution in [0.5, 0.6) is 5.75 Å². The monoisotopic (exact) mass is 319 g/mol. The molecule has 0 bridgehead atoms. The number of alkyl halides is 2. The number of nitrogens with one attached hydrogen (secondary N) is 1. The van der Waals surface area contributed by atoms with Crippen molar-refractivity contribution in [2.75, 3.05) is 18.6 Å². The highest BCUT2D eigenvalue weighted by Crippen LogP contribution is 2.25. The molecule has 0 fully saturated rings. The van der Waals surface area contributed by atoms with Crippen LogP contribution in [0.3, 0.4) is 0 Å². The highest BCUT2D eigenvalue weighted by atomic mass is 32.2. The van der Waals surface area contributed by atoms with Crippen molar-refractivity contribution in [3.63, 3.8) is 0 Å². The lowest BCUT2D eigenvalue weighted by Gasteiger charge is -2.23. The Kier molecular flexibility index (Phi) is 6.90. The summed E-state index contributed by atoms with van der Waals surface area (Å²) in [4.78, 5) is 0. The summed E-state index contributed by atoms with van der Waals surface area (Å²) < 4.78 is 29.5. The van der Waals surface area contributed by atoms with Crippen LogP contribution in [0.1, 0.15) is 23.6 Å². The van der Waals surface area contributed by atoms with Gasteiger partial charge in [0.2, 0.25) is 0 Å². The maximum atomic E-state index is 12.5. The molecule has 0 aliphatic carbocycles. The van der Waals surface area contributed by atoms with Crippen LogP contribution in [0.15, 0.2) is 12.1 Å². The van der Waals surface area contributed by atoms with Gasteiger partial charge in [0.05, 0.1) is 5.60 Å². The maximum absolute atomic E-state index is 12.5. The molecule has 0 heterocycles. The molecule has 1 unspecified atom stereocenters. The Morgan fingerprint density at radius 2 is 1.95 bits per heavy atom. The van der Waals surface area contributed by atoms with Gasteiger partial charge in [-0.1, -0.05) is 6.07 Å². The van der Waals surface area contributed by atoms with E-state index in [2.05, 4.69) is 10.1 Å². The Hall–Kier alpha value is -0.850. The van der Waals surface area contributed by atoms with Gasteiger partial charge in [-0.3, -0.25) is 0 Å². The minimum absolute atomic E-state index is 0.185. The van der Waals surface area contributed by atoms with E-state index < -0.39 is 12.2 Å². The third-order valence-corrected chi connectivity index (χ3v) is 4.08. The molecule has 6 heteroatoms. The first-order chi connectivity index (χ1) is 9.75. The summed E-state index contributed by atoms with van der Waals surface area (Å²) in [5, 5.41) is 13.2. The Balaban J connectivity index is 2.75. The fraction of sp³-hybridized carbons (Fsp3) is 0.600. The van der Waals surface area contributed by atoms with Gasteiger partial charge in [-0.25, -0.2) is 0 Å². The van der Waals surface area contributed by atoms with Crippen molar-refractivity contribution in [3.8, 4) is 5.75 Å². The van der Waals surface area contributed by atoms with Crippen molar-refractivity contribution in [3.05, 3.63) is 28.8 Å². The molecule has 0 amide bonds. The van der Waals surface area contributed by atoms with E-state index in [-0.39, 0.29) is 5.75 Å². The van der Waals surface area contributed by atoms with E-state index in [0.29, 0.717) is 24.4 Å². The fourth-order valence-corrected chi connectivity index (χ4v) is 2.75. The van der Waals surface area contributed by atoms with Crippen molar-refractivity contribution in [2.24, 2.45) is 0 Å². The molecule has 21 heavy (non-hydrogen) atoms. The molecule has 120 valence electrons. The molecule has 3 nitrogen and oxygen atoms in total. The summed E-state index contributed by atoms with van der Waals surface area (Å²) in [5.74, 6) is 0.790. The van der Waals surface area contributed by atoms with Gasteiger partial charge in [0.25, 0.3) is 0 Å². The van der Waals surface area contributed by atoms with E-state index in [1.165, 1.54) is 0 Å². The number of rotatable bonds is 8. The van der Waals surface area contributed by atoms with Crippen molar-refractivity contribution in [1.29, 1.82) is 0 Å². The lowest BCUT2D eigenvalue weighted by atomic mass is 10.0. The largest absolute Gasteiger partial charge is 0.434 e. The second-order valence-electron chi connectivity index (χ2n) is 5.46. The van der Waals surface area contributed by atoms with Gasteiger partial charge in [-0.05, 0) is 44.2 Å². The number of aryl methyl sites for hydroxylation is 2. The Morgan fingerprint density at radius 1 is 1.33 bits per heavy atom. The lowest BCUT2D eigenvalue weighted by molar-refractivity contribution is -0.0505. The number of ether oxygens (including phenoxy) is 1. The quantitative estimate of drug-likeness (QED) is 0.772. The highest BCUT2D eigenvalue weighted by molar-refractivity contribution is 7.98. The number of halogens is 2. The van der Waals surface area contributed by atoms with E-state index in [9.17, 15) is 13.9 Å². The molecule has 0 spiro atoms. The number of hydrogen-bond acceptors (Lipinski definition) is 4. The zero-order valence-electron chi connectivity index (χ0n) is 12.9. The van der Waals surface area contributed by atoms with Crippen LogP contribution in [-0.4, -0.2) is 35.9 Å². The van der Waals surface area contributed by atoms with E-state index in [1.54, 1.807) is 24.8 Å².